The van der Waals surface area contributed by atoms with E-state index in [2.05, 4.69) is 15.6 Å². The predicted molar refractivity (Wildman–Crippen MR) is 90.1 cm³/mol. The highest BCUT2D eigenvalue weighted by Crippen LogP contribution is 2.27. The maximum Gasteiger partial charge on any atom is 0.253 e. The van der Waals surface area contributed by atoms with Crippen molar-refractivity contribution in [2.75, 3.05) is 0 Å². The zero-order valence-corrected chi connectivity index (χ0v) is 13.3. The first kappa shape index (κ1) is 15.3. The van der Waals surface area contributed by atoms with Crippen LogP contribution >= 0.6 is 0 Å². The molecule has 3 atom stereocenters. The number of piperidine rings is 1. The Morgan fingerprint density at radius 1 is 1.17 bits per heavy atom. The lowest BCUT2D eigenvalue weighted by atomic mass is 9.99. The number of pyridine rings is 1. The third-order valence-electron chi connectivity index (χ3n) is 4.95. The summed E-state index contributed by atoms with van der Waals surface area (Å²) in [4.78, 5) is 16.7. The normalized spacial score (nSPS) is 25.5. The molecule has 0 saturated carbocycles. The Labute approximate surface area is 140 Å². The summed E-state index contributed by atoms with van der Waals surface area (Å²) in [6.45, 7) is 0. The number of amides is 1. The molecule has 0 spiro atoms. The van der Waals surface area contributed by atoms with E-state index >= 15 is 0 Å². The highest BCUT2D eigenvalue weighted by molar-refractivity contribution is 5.94. The molecule has 3 heterocycles. The van der Waals surface area contributed by atoms with Gasteiger partial charge in [0.2, 0.25) is 0 Å². The molecule has 2 unspecified atom stereocenters. The van der Waals surface area contributed by atoms with E-state index in [1.807, 2.05) is 0 Å². The van der Waals surface area contributed by atoms with Crippen LogP contribution in [-0.4, -0.2) is 29.0 Å². The lowest BCUT2D eigenvalue weighted by Gasteiger charge is -2.29. The molecule has 4 nitrogen and oxygen atoms in total. The minimum atomic E-state index is -0.295. The standard InChI is InChI=1S/C19H20FN3O/c20-14-3-1-2-12(8-14)18-7-4-13(11-21-18)19(24)23-17-9-15-5-6-16(10-17)22-15/h1-4,7-8,11,15-17,22H,5-6,9-10H2,(H,23,24)/t15-,16?,17?/m1/s1. The average Bonchev–Trinajstić information content (AvgIpc) is 2.93. The summed E-state index contributed by atoms with van der Waals surface area (Å²) in [6, 6.07) is 11.1. The summed E-state index contributed by atoms with van der Waals surface area (Å²) in [5.74, 6) is -0.378. The molecule has 2 aliphatic heterocycles. The minimum Gasteiger partial charge on any atom is -0.349 e. The summed E-state index contributed by atoms with van der Waals surface area (Å²) in [5, 5.41) is 6.69. The highest BCUT2D eigenvalue weighted by atomic mass is 19.1. The SMILES string of the molecule is O=C(NC1CC2CC[C@H](C1)N2)c1ccc(-c2cccc(F)c2)nc1. The average molecular weight is 325 g/mol. The molecule has 2 bridgehead atoms. The molecule has 2 saturated heterocycles. The second-order valence-corrected chi connectivity index (χ2v) is 6.72. The summed E-state index contributed by atoms with van der Waals surface area (Å²) in [5.41, 5.74) is 1.91. The number of hydrogen-bond acceptors (Lipinski definition) is 3. The van der Waals surface area contributed by atoms with Crippen LogP contribution < -0.4 is 10.6 Å². The van der Waals surface area contributed by atoms with Crippen molar-refractivity contribution in [3.8, 4) is 11.3 Å². The minimum absolute atomic E-state index is 0.0837. The van der Waals surface area contributed by atoms with Crippen LogP contribution in [0.2, 0.25) is 0 Å². The third kappa shape index (κ3) is 3.17. The maximum atomic E-state index is 13.3. The first-order chi connectivity index (χ1) is 11.7. The molecule has 1 aromatic carbocycles. The number of rotatable bonds is 3. The van der Waals surface area contributed by atoms with Gasteiger partial charge in [-0.25, -0.2) is 4.39 Å². The van der Waals surface area contributed by atoms with E-state index in [4.69, 9.17) is 0 Å². The summed E-state index contributed by atoms with van der Waals surface area (Å²) < 4.78 is 13.3. The van der Waals surface area contributed by atoms with Crippen molar-refractivity contribution < 1.29 is 9.18 Å². The summed E-state index contributed by atoms with van der Waals surface area (Å²) >= 11 is 0. The van der Waals surface area contributed by atoms with Crippen molar-refractivity contribution in [1.82, 2.24) is 15.6 Å². The number of carbonyl (C=O) groups is 1. The van der Waals surface area contributed by atoms with Crippen molar-refractivity contribution in [3.05, 3.63) is 54.0 Å². The van der Waals surface area contributed by atoms with Crippen molar-refractivity contribution in [2.45, 2.75) is 43.8 Å². The van der Waals surface area contributed by atoms with Gasteiger partial charge in [0, 0.05) is 29.9 Å². The molecule has 0 radical (unpaired) electrons. The molecule has 2 fully saturated rings. The van der Waals surface area contributed by atoms with Gasteiger partial charge in [0.1, 0.15) is 5.82 Å². The van der Waals surface area contributed by atoms with Crippen LogP contribution in [0.15, 0.2) is 42.6 Å². The van der Waals surface area contributed by atoms with Gasteiger partial charge < -0.3 is 10.6 Å². The quantitative estimate of drug-likeness (QED) is 0.912. The fourth-order valence-corrected chi connectivity index (χ4v) is 3.79. The van der Waals surface area contributed by atoms with Crippen LogP contribution in [0.3, 0.4) is 0 Å². The van der Waals surface area contributed by atoms with Crippen LogP contribution in [-0.2, 0) is 0 Å². The lowest BCUT2D eigenvalue weighted by Crippen LogP contribution is -2.48. The largest absolute Gasteiger partial charge is 0.349 e. The molecular formula is C19H20FN3O. The van der Waals surface area contributed by atoms with Gasteiger partial charge in [-0.2, -0.15) is 0 Å². The molecule has 2 aromatic rings. The van der Waals surface area contributed by atoms with Gasteiger partial charge in [0.15, 0.2) is 0 Å². The van der Waals surface area contributed by atoms with Crippen molar-refractivity contribution in [2.24, 2.45) is 0 Å². The van der Waals surface area contributed by atoms with Crippen molar-refractivity contribution >= 4 is 5.91 Å². The van der Waals surface area contributed by atoms with Gasteiger partial charge in [-0.3, -0.25) is 9.78 Å². The van der Waals surface area contributed by atoms with Crippen LogP contribution in [0.5, 0.6) is 0 Å². The van der Waals surface area contributed by atoms with E-state index in [1.54, 1.807) is 30.5 Å². The van der Waals surface area contributed by atoms with Gasteiger partial charge in [-0.15, -0.1) is 0 Å². The Bertz CT molecular complexity index is 735. The highest BCUT2D eigenvalue weighted by Gasteiger charge is 2.34. The predicted octanol–water partition coefficient (Wildman–Crippen LogP) is 2.90. The Kier molecular flexibility index (Phi) is 4.02. The molecular weight excluding hydrogens is 305 g/mol. The van der Waals surface area contributed by atoms with E-state index in [9.17, 15) is 9.18 Å². The van der Waals surface area contributed by atoms with E-state index in [0.29, 0.717) is 28.9 Å². The zero-order chi connectivity index (χ0) is 16.5. The van der Waals surface area contributed by atoms with Gasteiger partial charge in [-0.05, 0) is 49.9 Å². The van der Waals surface area contributed by atoms with Gasteiger partial charge in [0.25, 0.3) is 5.91 Å². The monoisotopic (exact) mass is 325 g/mol. The van der Waals surface area contributed by atoms with Crippen LogP contribution in [0.1, 0.15) is 36.0 Å². The zero-order valence-electron chi connectivity index (χ0n) is 13.3. The Morgan fingerprint density at radius 2 is 1.96 bits per heavy atom. The number of nitrogens with zero attached hydrogens (tertiary/aromatic N) is 1. The number of benzene rings is 1. The summed E-state index contributed by atoms with van der Waals surface area (Å²) in [6.07, 6.45) is 5.97. The lowest BCUT2D eigenvalue weighted by molar-refractivity contribution is 0.0923. The molecule has 5 heteroatoms. The Balaban J connectivity index is 1.43. The van der Waals surface area contributed by atoms with Crippen molar-refractivity contribution in [1.29, 1.82) is 0 Å². The first-order valence-corrected chi connectivity index (χ1v) is 8.46. The van der Waals surface area contributed by atoms with E-state index in [1.165, 1.54) is 25.0 Å². The fraction of sp³-hybridized carbons (Fsp3) is 0.368. The molecule has 2 aliphatic rings. The molecule has 1 amide bonds. The van der Waals surface area contributed by atoms with E-state index in [0.717, 1.165) is 12.8 Å². The number of aromatic nitrogens is 1. The number of nitrogens with one attached hydrogen (secondary N) is 2. The van der Waals surface area contributed by atoms with Crippen LogP contribution in [0.25, 0.3) is 11.3 Å². The molecule has 4 rings (SSSR count). The second-order valence-electron chi connectivity index (χ2n) is 6.72. The van der Waals surface area contributed by atoms with E-state index < -0.39 is 0 Å². The Morgan fingerprint density at radius 3 is 2.62 bits per heavy atom. The van der Waals surface area contributed by atoms with Gasteiger partial charge in [-0.1, -0.05) is 12.1 Å². The smallest absolute Gasteiger partial charge is 0.253 e. The number of halogens is 1. The molecule has 1 aromatic heterocycles. The van der Waals surface area contributed by atoms with Crippen LogP contribution in [0, 0.1) is 5.82 Å². The van der Waals surface area contributed by atoms with Crippen molar-refractivity contribution in [3.63, 3.8) is 0 Å². The second kappa shape index (κ2) is 6.32. The number of carbonyl (C=O) groups excluding carboxylic acids is 1. The first-order valence-electron chi connectivity index (χ1n) is 8.46. The topological polar surface area (TPSA) is 54.0 Å². The fourth-order valence-electron chi connectivity index (χ4n) is 3.79. The molecule has 2 N–H and O–H groups in total. The summed E-state index contributed by atoms with van der Waals surface area (Å²) in [7, 11) is 0. The maximum absolute atomic E-state index is 13.3. The van der Waals surface area contributed by atoms with Gasteiger partial charge >= 0.3 is 0 Å². The number of hydrogen-bond donors (Lipinski definition) is 2. The molecule has 124 valence electrons. The molecule has 24 heavy (non-hydrogen) atoms. The third-order valence-corrected chi connectivity index (χ3v) is 4.95. The number of fused-ring (bicyclic) bond motifs is 2. The Hall–Kier alpha value is -2.27. The van der Waals surface area contributed by atoms with E-state index in [-0.39, 0.29) is 17.8 Å². The van der Waals surface area contributed by atoms with Crippen LogP contribution in [0.4, 0.5) is 4.39 Å². The molecule has 0 aliphatic carbocycles. The van der Waals surface area contributed by atoms with Gasteiger partial charge in [0.05, 0.1) is 11.3 Å².